The topological polar surface area (TPSA) is 75.8 Å². The minimum absolute atomic E-state index is 0.0903. The SMILES string of the molecule is CN1CCC(Oc2cccc(C(CN)C(=O)O)c2)CC1. The van der Waals surface area contributed by atoms with Crippen molar-refractivity contribution < 1.29 is 14.6 Å². The maximum Gasteiger partial charge on any atom is 0.312 e. The molecule has 1 aromatic carbocycles. The van der Waals surface area contributed by atoms with E-state index in [1.807, 2.05) is 12.1 Å². The van der Waals surface area contributed by atoms with Crippen molar-refractivity contribution in [3.8, 4) is 5.75 Å². The van der Waals surface area contributed by atoms with Crippen LogP contribution in [0.4, 0.5) is 0 Å². The third-order valence-electron chi connectivity index (χ3n) is 3.76. The first-order valence-corrected chi connectivity index (χ1v) is 6.98. The van der Waals surface area contributed by atoms with Crippen LogP contribution in [0.1, 0.15) is 24.3 Å². The molecule has 1 atom stereocenters. The number of rotatable bonds is 5. The van der Waals surface area contributed by atoms with Crippen LogP contribution in [0.2, 0.25) is 0 Å². The molecular formula is C15H22N2O3. The van der Waals surface area contributed by atoms with Gasteiger partial charge in [-0.25, -0.2) is 0 Å². The average Bonchev–Trinajstić information content (AvgIpc) is 2.42. The van der Waals surface area contributed by atoms with E-state index >= 15 is 0 Å². The Labute approximate surface area is 119 Å². The molecule has 1 aromatic rings. The Bertz CT molecular complexity index is 456. The van der Waals surface area contributed by atoms with Gasteiger partial charge in [-0.1, -0.05) is 12.1 Å². The second kappa shape index (κ2) is 6.72. The zero-order chi connectivity index (χ0) is 14.5. The van der Waals surface area contributed by atoms with Gasteiger partial charge in [0, 0.05) is 19.6 Å². The molecule has 20 heavy (non-hydrogen) atoms. The molecule has 0 amide bonds. The van der Waals surface area contributed by atoms with Crippen molar-refractivity contribution in [3.05, 3.63) is 29.8 Å². The summed E-state index contributed by atoms with van der Waals surface area (Å²) in [6, 6.07) is 7.28. The monoisotopic (exact) mass is 278 g/mol. The molecule has 1 unspecified atom stereocenters. The van der Waals surface area contributed by atoms with Crippen LogP contribution < -0.4 is 10.5 Å². The summed E-state index contributed by atoms with van der Waals surface area (Å²) in [5.41, 5.74) is 6.23. The Morgan fingerprint density at radius 1 is 1.50 bits per heavy atom. The van der Waals surface area contributed by atoms with Crippen molar-refractivity contribution >= 4 is 5.97 Å². The molecule has 0 saturated carbocycles. The van der Waals surface area contributed by atoms with Gasteiger partial charge >= 0.3 is 5.97 Å². The number of hydrogen-bond acceptors (Lipinski definition) is 4. The van der Waals surface area contributed by atoms with Gasteiger partial charge in [-0.05, 0) is 37.6 Å². The minimum atomic E-state index is -0.899. The molecule has 3 N–H and O–H groups in total. The Hall–Kier alpha value is -1.59. The quantitative estimate of drug-likeness (QED) is 0.848. The molecule has 0 aliphatic carbocycles. The number of nitrogens with zero attached hydrogens (tertiary/aromatic N) is 1. The third kappa shape index (κ3) is 3.71. The minimum Gasteiger partial charge on any atom is -0.490 e. The number of hydrogen-bond donors (Lipinski definition) is 2. The van der Waals surface area contributed by atoms with Gasteiger partial charge < -0.3 is 20.5 Å². The van der Waals surface area contributed by atoms with Crippen molar-refractivity contribution in [1.82, 2.24) is 4.90 Å². The van der Waals surface area contributed by atoms with E-state index in [1.54, 1.807) is 12.1 Å². The van der Waals surface area contributed by atoms with Crippen LogP contribution in [-0.2, 0) is 4.79 Å². The Balaban J connectivity index is 2.04. The largest absolute Gasteiger partial charge is 0.490 e. The van der Waals surface area contributed by atoms with Gasteiger partial charge in [0.25, 0.3) is 0 Å². The van der Waals surface area contributed by atoms with Gasteiger partial charge in [-0.3, -0.25) is 4.79 Å². The first-order chi connectivity index (χ1) is 9.60. The Morgan fingerprint density at radius 3 is 2.80 bits per heavy atom. The number of benzene rings is 1. The van der Waals surface area contributed by atoms with Crippen LogP contribution in [0, 0.1) is 0 Å². The Morgan fingerprint density at radius 2 is 2.20 bits per heavy atom. The highest BCUT2D eigenvalue weighted by atomic mass is 16.5. The molecule has 0 spiro atoms. The van der Waals surface area contributed by atoms with E-state index in [4.69, 9.17) is 15.6 Å². The molecule has 1 aliphatic rings. The summed E-state index contributed by atoms with van der Waals surface area (Å²) in [6.45, 7) is 2.16. The number of aliphatic carboxylic acids is 1. The number of likely N-dealkylation sites (tertiary alicyclic amines) is 1. The lowest BCUT2D eigenvalue weighted by Gasteiger charge is -2.29. The number of nitrogens with two attached hydrogens (primary N) is 1. The van der Waals surface area contributed by atoms with E-state index in [-0.39, 0.29) is 12.6 Å². The van der Waals surface area contributed by atoms with E-state index in [9.17, 15) is 4.79 Å². The van der Waals surface area contributed by atoms with Crippen LogP contribution in [-0.4, -0.2) is 48.8 Å². The van der Waals surface area contributed by atoms with E-state index in [0.29, 0.717) is 5.56 Å². The first-order valence-electron chi connectivity index (χ1n) is 6.98. The third-order valence-corrected chi connectivity index (χ3v) is 3.76. The fourth-order valence-corrected chi connectivity index (χ4v) is 2.48. The Kier molecular flexibility index (Phi) is 4.98. The average molecular weight is 278 g/mol. The predicted molar refractivity (Wildman–Crippen MR) is 77.0 cm³/mol. The number of carboxylic acids is 1. The second-order valence-electron chi connectivity index (χ2n) is 5.32. The maximum atomic E-state index is 11.1. The standard InChI is InChI=1S/C15H22N2O3/c1-17-7-5-12(6-8-17)20-13-4-2-3-11(9-13)14(10-16)15(18)19/h2-4,9,12,14H,5-8,10,16H2,1H3,(H,18,19). The van der Waals surface area contributed by atoms with Crippen LogP contribution in [0.5, 0.6) is 5.75 Å². The van der Waals surface area contributed by atoms with Crippen LogP contribution in [0.15, 0.2) is 24.3 Å². The zero-order valence-electron chi connectivity index (χ0n) is 11.8. The van der Waals surface area contributed by atoms with Crippen LogP contribution >= 0.6 is 0 Å². The van der Waals surface area contributed by atoms with E-state index in [2.05, 4.69) is 11.9 Å². The molecule has 1 saturated heterocycles. The molecule has 0 aromatic heterocycles. The number of piperidine rings is 1. The first kappa shape index (κ1) is 14.8. The molecule has 0 bridgehead atoms. The summed E-state index contributed by atoms with van der Waals surface area (Å²) in [5.74, 6) is -0.836. The lowest BCUT2D eigenvalue weighted by atomic mass is 9.99. The van der Waals surface area contributed by atoms with Gasteiger partial charge in [0.1, 0.15) is 11.9 Å². The fourth-order valence-electron chi connectivity index (χ4n) is 2.48. The van der Waals surface area contributed by atoms with Gasteiger partial charge in [0.2, 0.25) is 0 Å². The lowest BCUT2D eigenvalue weighted by molar-refractivity contribution is -0.138. The van der Waals surface area contributed by atoms with Crippen molar-refractivity contribution in [1.29, 1.82) is 0 Å². The smallest absolute Gasteiger partial charge is 0.312 e. The van der Waals surface area contributed by atoms with Crippen LogP contribution in [0.25, 0.3) is 0 Å². The highest BCUT2D eigenvalue weighted by Crippen LogP contribution is 2.23. The van der Waals surface area contributed by atoms with Crippen molar-refractivity contribution in [2.75, 3.05) is 26.7 Å². The van der Waals surface area contributed by atoms with Gasteiger partial charge in [-0.2, -0.15) is 0 Å². The summed E-state index contributed by atoms with van der Waals surface area (Å²) in [7, 11) is 2.11. The van der Waals surface area contributed by atoms with Gasteiger partial charge in [0.15, 0.2) is 0 Å². The van der Waals surface area contributed by atoms with E-state index in [1.165, 1.54) is 0 Å². The molecule has 0 radical (unpaired) electrons. The normalized spacial score (nSPS) is 18.7. The summed E-state index contributed by atoms with van der Waals surface area (Å²) >= 11 is 0. The second-order valence-corrected chi connectivity index (χ2v) is 5.32. The lowest BCUT2D eigenvalue weighted by Crippen LogP contribution is -2.35. The number of carbonyl (C=O) groups is 1. The van der Waals surface area contributed by atoms with Gasteiger partial charge in [0.05, 0.1) is 5.92 Å². The molecule has 110 valence electrons. The summed E-state index contributed by atoms with van der Waals surface area (Å²) in [6.07, 6.45) is 2.21. The predicted octanol–water partition coefficient (Wildman–Crippen LogP) is 1.29. The van der Waals surface area contributed by atoms with Crippen molar-refractivity contribution in [3.63, 3.8) is 0 Å². The highest BCUT2D eigenvalue weighted by molar-refractivity contribution is 5.76. The summed E-state index contributed by atoms with van der Waals surface area (Å²) in [4.78, 5) is 13.4. The molecule has 5 heteroatoms. The van der Waals surface area contributed by atoms with E-state index < -0.39 is 11.9 Å². The number of ether oxygens (including phenoxy) is 1. The molecule has 5 nitrogen and oxygen atoms in total. The highest BCUT2D eigenvalue weighted by Gasteiger charge is 2.20. The van der Waals surface area contributed by atoms with Crippen molar-refractivity contribution in [2.24, 2.45) is 5.73 Å². The van der Waals surface area contributed by atoms with Gasteiger partial charge in [-0.15, -0.1) is 0 Å². The molecular weight excluding hydrogens is 256 g/mol. The van der Waals surface area contributed by atoms with Crippen LogP contribution in [0.3, 0.4) is 0 Å². The molecule has 1 aliphatic heterocycles. The zero-order valence-corrected chi connectivity index (χ0v) is 11.8. The summed E-state index contributed by atoms with van der Waals surface area (Å²) in [5, 5.41) is 9.14. The maximum absolute atomic E-state index is 11.1. The molecule has 1 fully saturated rings. The molecule has 2 rings (SSSR count). The molecule has 1 heterocycles. The fraction of sp³-hybridized carbons (Fsp3) is 0.533. The van der Waals surface area contributed by atoms with Crippen molar-refractivity contribution in [2.45, 2.75) is 24.9 Å². The van der Waals surface area contributed by atoms with E-state index in [0.717, 1.165) is 31.7 Å². The number of carboxylic acid groups (broad SMARTS) is 1. The summed E-state index contributed by atoms with van der Waals surface area (Å²) < 4.78 is 5.96.